The number of likely N-dealkylation sites (tertiary alicyclic amines) is 1. The SMILES string of the molecule is C=CCN1C(=O)[C@@H](CC(=O)NCCCC)[C@]2(C(=O)OC)CCCCC=C12. The Hall–Kier alpha value is -2.11. The first kappa shape index (κ1) is 20.2. The van der Waals surface area contributed by atoms with Crippen molar-refractivity contribution >= 4 is 17.8 Å². The minimum atomic E-state index is -1.06. The number of unbranched alkanes of at least 4 members (excludes halogenated alkanes) is 1. The quantitative estimate of drug-likeness (QED) is 0.409. The Morgan fingerprint density at radius 3 is 2.88 bits per heavy atom. The zero-order chi connectivity index (χ0) is 19.2. The number of amides is 2. The molecule has 0 unspecified atom stereocenters. The number of ether oxygens (including phenoxy) is 1. The lowest BCUT2D eigenvalue weighted by Gasteiger charge is -2.31. The molecule has 0 radical (unpaired) electrons. The van der Waals surface area contributed by atoms with E-state index in [1.807, 2.05) is 6.08 Å². The van der Waals surface area contributed by atoms with Gasteiger partial charge in [0.15, 0.2) is 0 Å². The van der Waals surface area contributed by atoms with E-state index < -0.39 is 17.3 Å². The summed E-state index contributed by atoms with van der Waals surface area (Å²) in [6.45, 7) is 6.69. The predicted octanol–water partition coefficient (Wildman–Crippen LogP) is 2.55. The first-order chi connectivity index (χ1) is 12.5. The van der Waals surface area contributed by atoms with E-state index in [-0.39, 0.29) is 18.2 Å². The van der Waals surface area contributed by atoms with Gasteiger partial charge >= 0.3 is 5.97 Å². The van der Waals surface area contributed by atoms with Crippen molar-refractivity contribution in [1.29, 1.82) is 0 Å². The van der Waals surface area contributed by atoms with Crippen LogP contribution in [0.3, 0.4) is 0 Å². The molecule has 6 nitrogen and oxygen atoms in total. The molecule has 0 saturated carbocycles. The minimum Gasteiger partial charge on any atom is -0.468 e. The lowest BCUT2D eigenvalue weighted by molar-refractivity contribution is -0.155. The van der Waals surface area contributed by atoms with Gasteiger partial charge in [-0.1, -0.05) is 31.9 Å². The van der Waals surface area contributed by atoms with Crippen molar-refractivity contribution in [2.75, 3.05) is 20.2 Å². The molecule has 2 rings (SSSR count). The van der Waals surface area contributed by atoms with Crippen LogP contribution in [0.4, 0.5) is 0 Å². The minimum absolute atomic E-state index is 0.00261. The van der Waals surface area contributed by atoms with Crippen LogP contribution in [0.15, 0.2) is 24.4 Å². The standard InChI is InChI=1S/C20H30N2O4/c1-4-6-12-21-17(23)14-15-18(24)22(13-5-2)16-10-8-7-9-11-20(15,16)19(25)26-3/h5,10,15H,2,4,6-9,11-14H2,1,3H3,(H,21,23)/t15-,20-/m1/s1. The van der Waals surface area contributed by atoms with Crippen molar-refractivity contribution in [2.45, 2.75) is 51.9 Å². The van der Waals surface area contributed by atoms with E-state index in [2.05, 4.69) is 18.8 Å². The number of allylic oxidation sites excluding steroid dienone is 1. The van der Waals surface area contributed by atoms with Crippen molar-refractivity contribution in [2.24, 2.45) is 11.3 Å². The summed E-state index contributed by atoms with van der Waals surface area (Å²) in [6, 6.07) is 0. The summed E-state index contributed by atoms with van der Waals surface area (Å²) in [6.07, 6.45) is 8.60. The normalized spacial score (nSPS) is 25.2. The fraction of sp³-hybridized carbons (Fsp3) is 0.650. The lowest BCUT2D eigenvalue weighted by Crippen LogP contribution is -2.41. The van der Waals surface area contributed by atoms with E-state index in [1.165, 1.54) is 7.11 Å². The first-order valence-corrected chi connectivity index (χ1v) is 9.50. The van der Waals surface area contributed by atoms with E-state index in [9.17, 15) is 14.4 Å². The van der Waals surface area contributed by atoms with Crippen LogP contribution in [0.1, 0.15) is 51.9 Å². The Labute approximate surface area is 155 Å². The Morgan fingerprint density at radius 2 is 2.23 bits per heavy atom. The maximum absolute atomic E-state index is 13.1. The van der Waals surface area contributed by atoms with E-state index >= 15 is 0 Å². The van der Waals surface area contributed by atoms with Gasteiger partial charge in [-0.15, -0.1) is 6.58 Å². The molecule has 2 amide bonds. The van der Waals surface area contributed by atoms with Crippen LogP contribution in [0.2, 0.25) is 0 Å². The van der Waals surface area contributed by atoms with Crippen LogP contribution in [0, 0.1) is 11.3 Å². The van der Waals surface area contributed by atoms with Gasteiger partial charge in [0.05, 0.1) is 13.0 Å². The van der Waals surface area contributed by atoms with E-state index in [0.717, 1.165) is 32.1 Å². The molecular weight excluding hydrogens is 332 g/mol. The highest BCUT2D eigenvalue weighted by molar-refractivity contribution is 5.98. The maximum Gasteiger partial charge on any atom is 0.318 e. The summed E-state index contributed by atoms with van der Waals surface area (Å²) in [7, 11) is 1.35. The van der Waals surface area contributed by atoms with Crippen molar-refractivity contribution in [3.63, 3.8) is 0 Å². The van der Waals surface area contributed by atoms with Gasteiger partial charge in [-0.05, 0) is 25.7 Å². The highest BCUT2D eigenvalue weighted by Crippen LogP contribution is 2.52. The van der Waals surface area contributed by atoms with E-state index in [4.69, 9.17) is 4.74 Å². The number of fused-ring (bicyclic) bond motifs is 1. The van der Waals surface area contributed by atoms with Gasteiger partial charge in [0.25, 0.3) is 0 Å². The van der Waals surface area contributed by atoms with Crippen molar-refractivity contribution in [3.05, 3.63) is 24.4 Å². The molecule has 0 aromatic rings. The van der Waals surface area contributed by atoms with Gasteiger partial charge in [0, 0.05) is 25.2 Å². The third-order valence-corrected chi connectivity index (χ3v) is 5.37. The van der Waals surface area contributed by atoms with Gasteiger partial charge in [-0.3, -0.25) is 14.4 Å². The summed E-state index contributed by atoms with van der Waals surface area (Å²) in [5.41, 5.74) is -0.369. The van der Waals surface area contributed by atoms with E-state index in [0.29, 0.717) is 25.2 Å². The third kappa shape index (κ3) is 3.69. The molecule has 1 aliphatic heterocycles. The third-order valence-electron chi connectivity index (χ3n) is 5.37. The van der Waals surface area contributed by atoms with Crippen LogP contribution in [0.25, 0.3) is 0 Å². The van der Waals surface area contributed by atoms with Gasteiger partial charge < -0.3 is 15.0 Å². The lowest BCUT2D eigenvalue weighted by atomic mass is 9.71. The Balaban J connectivity index is 2.38. The number of carbonyl (C=O) groups excluding carboxylic acids is 3. The monoisotopic (exact) mass is 362 g/mol. The molecule has 144 valence electrons. The fourth-order valence-electron chi connectivity index (χ4n) is 4.09. The molecule has 0 aromatic carbocycles. The Bertz CT molecular complexity index is 599. The van der Waals surface area contributed by atoms with Crippen LogP contribution in [0.5, 0.6) is 0 Å². The van der Waals surface area contributed by atoms with Gasteiger partial charge in [-0.25, -0.2) is 0 Å². The molecule has 0 spiro atoms. The van der Waals surface area contributed by atoms with Crippen molar-refractivity contribution in [3.8, 4) is 0 Å². The van der Waals surface area contributed by atoms with Gasteiger partial charge in [0.1, 0.15) is 5.41 Å². The molecule has 1 heterocycles. The molecule has 2 atom stereocenters. The zero-order valence-corrected chi connectivity index (χ0v) is 15.9. The summed E-state index contributed by atoms with van der Waals surface area (Å²) < 4.78 is 5.12. The van der Waals surface area contributed by atoms with Crippen molar-refractivity contribution < 1.29 is 19.1 Å². The summed E-state index contributed by atoms with van der Waals surface area (Å²) in [5.74, 6) is -1.52. The van der Waals surface area contributed by atoms with Crippen LogP contribution in [-0.4, -0.2) is 42.9 Å². The summed E-state index contributed by atoms with van der Waals surface area (Å²) in [4.78, 5) is 40.0. The number of carbonyl (C=O) groups is 3. The van der Waals surface area contributed by atoms with Crippen molar-refractivity contribution in [1.82, 2.24) is 10.2 Å². The first-order valence-electron chi connectivity index (χ1n) is 9.50. The second kappa shape index (κ2) is 9.01. The Kier molecular flexibility index (Phi) is 7.00. The molecule has 0 bridgehead atoms. The molecule has 2 aliphatic rings. The summed E-state index contributed by atoms with van der Waals surface area (Å²) in [5, 5.41) is 2.86. The molecule has 0 aromatic heterocycles. The number of esters is 1. The fourth-order valence-corrected chi connectivity index (χ4v) is 4.09. The largest absolute Gasteiger partial charge is 0.468 e. The van der Waals surface area contributed by atoms with Crippen LogP contribution >= 0.6 is 0 Å². The molecule has 1 aliphatic carbocycles. The second-order valence-electron chi connectivity index (χ2n) is 7.00. The van der Waals surface area contributed by atoms with Gasteiger partial charge in [0.2, 0.25) is 11.8 Å². The molecule has 26 heavy (non-hydrogen) atoms. The predicted molar refractivity (Wildman–Crippen MR) is 98.9 cm³/mol. The number of hydrogen-bond donors (Lipinski definition) is 1. The molecule has 1 saturated heterocycles. The average molecular weight is 362 g/mol. The zero-order valence-electron chi connectivity index (χ0n) is 15.9. The molecule has 6 heteroatoms. The maximum atomic E-state index is 13.1. The van der Waals surface area contributed by atoms with E-state index in [1.54, 1.807) is 11.0 Å². The highest BCUT2D eigenvalue weighted by Gasteiger charge is 2.61. The molecule has 1 fully saturated rings. The smallest absolute Gasteiger partial charge is 0.318 e. The highest BCUT2D eigenvalue weighted by atomic mass is 16.5. The summed E-state index contributed by atoms with van der Waals surface area (Å²) >= 11 is 0. The number of hydrogen-bond acceptors (Lipinski definition) is 4. The Morgan fingerprint density at radius 1 is 1.46 bits per heavy atom. The topological polar surface area (TPSA) is 75.7 Å². The van der Waals surface area contributed by atoms with Crippen LogP contribution in [-0.2, 0) is 19.1 Å². The van der Waals surface area contributed by atoms with Gasteiger partial charge in [-0.2, -0.15) is 0 Å². The number of methoxy groups -OCH3 is 1. The average Bonchev–Trinajstić information content (AvgIpc) is 2.78. The molecular formula is C20H30N2O4. The number of nitrogens with one attached hydrogen (secondary N) is 1. The molecule has 1 N–H and O–H groups in total. The van der Waals surface area contributed by atoms with Crippen LogP contribution < -0.4 is 5.32 Å². The number of nitrogens with zero attached hydrogens (tertiary/aromatic N) is 1. The second-order valence-corrected chi connectivity index (χ2v) is 7.00. The number of rotatable bonds is 8.